The molecule has 0 spiro atoms. The van der Waals surface area contributed by atoms with E-state index in [2.05, 4.69) is 17.2 Å². The van der Waals surface area contributed by atoms with E-state index in [1.165, 1.54) is 0 Å². The molecule has 2 aromatic carbocycles. The number of urea groups is 1. The molecule has 0 saturated carbocycles. The Morgan fingerprint density at radius 3 is 2.42 bits per heavy atom. The second kappa shape index (κ2) is 9.23. The molecule has 6 heteroatoms. The number of hydrogen-bond donors (Lipinski definition) is 2. The van der Waals surface area contributed by atoms with Gasteiger partial charge in [0.25, 0.3) is 0 Å². The topological polar surface area (TPSA) is 72.9 Å². The summed E-state index contributed by atoms with van der Waals surface area (Å²) in [7, 11) is 0. The summed E-state index contributed by atoms with van der Waals surface area (Å²) in [6.07, 6.45) is 0.845. The average molecular weight is 418 g/mol. The fourth-order valence-electron chi connectivity index (χ4n) is 4.45. The number of carbonyl (C=O) groups is 2. The largest absolute Gasteiger partial charge is 0.394 e. The summed E-state index contributed by atoms with van der Waals surface area (Å²) in [5.41, 5.74) is 2.92. The molecule has 2 aromatic rings. The maximum Gasteiger partial charge on any atom is 0.317 e. The smallest absolute Gasteiger partial charge is 0.317 e. The molecule has 31 heavy (non-hydrogen) atoms. The summed E-state index contributed by atoms with van der Waals surface area (Å²) in [5, 5.41) is 12.8. The van der Waals surface area contributed by atoms with Crippen LogP contribution in [-0.4, -0.2) is 65.2 Å². The molecule has 2 aliphatic heterocycles. The highest BCUT2D eigenvalue weighted by Crippen LogP contribution is 2.42. The molecule has 0 aliphatic carbocycles. The Labute approximate surface area is 182 Å². The molecule has 4 rings (SSSR count). The van der Waals surface area contributed by atoms with E-state index >= 15 is 0 Å². The van der Waals surface area contributed by atoms with Gasteiger partial charge < -0.3 is 20.2 Å². The second-order valence-electron chi connectivity index (χ2n) is 7.99. The van der Waals surface area contributed by atoms with Crippen molar-refractivity contribution in [2.45, 2.75) is 31.3 Å². The Balaban J connectivity index is 1.49. The number of rotatable bonds is 4. The van der Waals surface area contributed by atoms with Gasteiger partial charge in [0.05, 0.1) is 18.7 Å². The maximum absolute atomic E-state index is 12.6. The summed E-state index contributed by atoms with van der Waals surface area (Å²) in [6, 6.07) is 17.2. The first-order valence-corrected chi connectivity index (χ1v) is 10.7. The molecule has 2 N–H and O–H groups in total. The number of piperazine rings is 1. The minimum absolute atomic E-state index is 0.00754. The van der Waals surface area contributed by atoms with Gasteiger partial charge in [-0.25, -0.2) is 4.79 Å². The van der Waals surface area contributed by atoms with E-state index in [9.17, 15) is 14.7 Å². The molecule has 2 saturated heterocycles. The van der Waals surface area contributed by atoms with Crippen LogP contribution in [0.1, 0.15) is 36.0 Å². The van der Waals surface area contributed by atoms with Gasteiger partial charge in [0.15, 0.2) is 0 Å². The van der Waals surface area contributed by atoms with Crippen molar-refractivity contribution in [3.8, 4) is 11.8 Å². The monoisotopic (exact) mass is 417 g/mol. The summed E-state index contributed by atoms with van der Waals surface area (Å²) in [6.45, 7) is 3.02. The van der Waals surface area contributed by atoms with Crippen molar-refractivity contribution < 1.29 is 14.7 Å². The van der Waals surface area contributed by atoms with Gasteiger partial charge in [-0.05, 0) is 36.2 Å². The minimum atomic E-state index is -0.250. The molecule has 0 aromatic heterocycles. The number of amides is 3. The van der Waals surface area contributed by atoms with Crippen LogP contribution in [0.25, 0.3) is 0 Å². The summed E-state index contributed by atoms with van der Waals surface area (Å²) in [5.74, 6) is 6.20. The number of hydrogen-bond acceptors (Lipinski definition) is 3. The maximum atomic E-state index is 12.6. The number of aliphatic hydroxyl groups excluding tert-OH is 1. The molecular weight excluding hydrogens is 390 g/mol. The number of nitrogens with one attached hydrogen (secondary N) is 1. The van der Waals surface area contributed by atoms with E-state index in [1.807, 2.05) is 61.5 Å². The van der Waals surface area contributed by atoms with Crippen molar-refractivity contribution in [1.82, 2.24) is 15.1 Å². The molecule has 6 nitrogen and oxygen atoms in total. The molecule has 2 heterocycles. The second-order valence-corrected chi connectivity index (χ2v) is 7.99. The van der Waals surface area contributed by atoms with Crippen LogP contribution < -0.4 is 5.32 Å². The van der Waals surface area contributed by atoms with Crippen molar-refractivity contribution in [1.29, 1.82) is 0 Å². The van der Waals surface area contributed by atoms with Gasteiger partial charge in [0.1, 0.15) is 6.54 Å². The lowest BCUT2D eigenvalue weighted by molar-refractivity contribution is -0.159. The van der Waals surface area contributed by atoms with Crippen LogP contribution in [0.2, 0.25) is 0 Å². The standard InChI is InChI=1S/C25H27N3O3/c1-2-14-26-25(31)27-15-21-24(22(17-29)28(21)23(30)16-27)20-12-10-19(11-13-20)9-8-18-6-4-3-5-7-18/h3-7,10-13,21-22,24,29H,2,14-17H2,1H3,(H,26,31)/t21-,22+,24+/m0/s1. The molecular formula is C25H27N3O3. The van der Waals surface area contributed by atoms with Gasteiger partial charge in [0, 0.05) is 30.1 Å². The first-order chi connectivity index (χ1) is 15.1. The highest BCUT2D eigenvalue weighted by Gasteiger charge is 2.54. The summed E-state index contributed by atoms with van der Waals surface area (Å²) < 4.78 is 0. The average Bonchev–Trinajstić information content (AvgIpc) is 2.79. The Morgan fingerprint density at radius 1 is 1.10 bits per heavy atom. The van der Waals surface area contributed by atoms with Crippen molar-refractivity contribution >= 4 is 11.9 Å². The molecule has 160 valence electrons. The van der Waals surface area contributed by atoms with Crippen molar-refractivity contribution in [3.05, 3.63) is 71.3 Å². The van der Waals surface area contributed by atoms with Crippen molar-refractivity contribution in [2.75, 3.05) is 26.2 Å². The third-order valence-corrected chi connectivity index (χ3v) is 5.99. The number of nitrogens with zero attached hydrogens (tertiary/aromatic N) is 2. The van der Waals surface area contributed by atoms with E-state index < -0.39 is 0 Å². The Kier molecular flexibility index (Phi) is 6.24. The van der Waals surface area contributed by atoms with E-state index in [0.29, 0.717) is 13.1 Å². The van der Waals surface area contributed by atoms with Crippen LogP contribution in [0.5, 0.6) is 0 Å². The van der Waals surface area contributed by atoms with Gasteiger partial charge in [-0.1, -0.05) is 49.1 Å². The van der Waals surface area contributed by atoms with Crippen LogP contribution >= 0.6 is 0 Å². The Bertz CT molecular complexity index is 994. The highest BCUT2D eigenvalue weighted by atomic mass is 16.3. The van der Waals surface area contributed by atoms with Gasteiger partial charge in [-0.2, -0.15) is 0 Å². The fraction of sp³-hybridized carbons (Fsp3) is 0.360. The molecule has 2 fully saturated rings. The lowest BCUT2D eigenvalue weighted by atomic mass is 9.73. The Morgan fingerprint density at radius 2 is 1.77 bits per heavy atom. The molecule has 0 radical (unpaired) electrons. The zero-order valence-corrected chi connectivity index (χ0v) is 17.6. The first-order valence-electron chi connectivity index (χ1n) is 10.7. The third-order valence-electron chi connectivity index (χ3n) is 5.99. The van der Waals surface area contributed by atoms with Crippen molar-refractivity contribution in [3.63, 3.8) is 0 Å². The lowest BCUT2D eigenvalue weighted by Gasteiger charge is -2.58. The van der Waals surface area contributed by atoms with Gasteiger partial charge in [-0.3, -0.25) is 4.79 Å². The molecule has 3 amide bonds. The zero-order chi connectivity index (χ0) is 21.8. The van der Waals surface area contributed by atoms with Gasteiger partial charge in [-0.15, -0.1) is 0 Å². The number of benzene rings is 2. The fourth-order valence-corrected chi connectivity index (χ4v) is 4.45. The predicted molar refractivity (Wildman–Crippen MR) is 118 cm³/mol. The SMILES string of the molecule is CCCNC(=O)N1CC(=O)N2[C@H](CO)[C@H](c3ccc(C#Cc4ccccc4)cc3)[C@@H]2C1. The molecule has 3 atom stereocenters. The van der Waals surface area contributed by atoms with Crippen LogP contribution in [0, 0.1) is 11.8 Å². The number of carbonyl (C=O) groups excluding carboxylic acids is 2. The van der Waals surface area contributed by atoms with E-state index in [0.717, 1.165) is 23.1 Å². The van der Waals surface area contributed by atoms with E-state index in [4.69, 9.17) is 0 Å². The van der Waals surface area contributed by atoms with Crippen molar-refractivity contribution in [2.24, 2.45) is 0 Å². The lowest BCUT2D eigenvalue weighted by Crippen LogP contribution is -2.73. The van der Waals surface area contributed by atoms with Gasteiger partial charge in [0.2, 0.25) is 5.91 Å². The predicted octanol–water partition coefficient (Wildman–Crippen LogP) is 2.18. The van der Waals surface area contributed by atoms with Crippen LogP contribution in [0.15, 0.2) is 54.6 Å². The Hall–Kier alpha value is -3.30. The number of aliphatic hydroxyl groups is 1. The van der Waals surface area contributed by atoms with E-state index in [-0.39, 0.29) is 43.1 Å². The summed E-state index contributed by atoms with van der Waals surface area (Å²) >= 11 is 0. The third kappa shape index (κ3) is 4.28. The van der Waals surface area contributed by atoms with Crippen LogP contribution in [0.4, 0.5) is 4.79 Å². The van der Waals surface area contributed by atoms with E-state index in [1.54, 1.807) is 9.80 Å². The molecule has 0 bridgehead atoms. The normalized spacial score (nSPS) is 22.1. The zero-order valence-electron chi connectivity index (χ0n) is 17.6. The first kappa shape index (κ1) is 21.0. The van der Waals surface area contributed by atoms with Crippen LogP contribution in [0.3, 0.4) is 0 Å². The molecule has 0 unspecified atom stereocenters. The van der Waals surface area contributed by atoms with Gasteiger partial charge >= 0.3 is 6.03 Å². The summed E-state index contributed by atoms with van der Waals surface area (Å²) in [4.78, 5) is 28.4. The highest BCUT2D eigenvalue weighted by molar-refractivity contribution is 5.87. The quantitative estimate of drug-likeness (QED) is 0.749. The minimum Gasteiger partial charge on any atom is -0.394 e. The van der Waals surface area contributed by atoms with Crippen LogP contribution in [-0.2, 0) is 4.79 Å². The number of fused-ring (bicyclic) bond motifs is 1. The molecule has 2 aliphatic rings.